The van der Waals surface area contributed by atoms with E-state index in [1.54, 1.807) is 0 Å². The fourth-order valence-corrected chi connectivity index (χ4v) is 2.79. The van der Waals surface area contributed by atoms with Crippen molar-refractivity contribution < 1.29 is 13.7 Å². The highest BCUT2D eigenvalue weighted by atomic mass is 19.1. The SMILES string of the molecule is NC1(c2noc(CCC(=O)c3ccc(F)cc3)n2)CCCC1. The Bertz CT molecular complexity index is 660. The molecule has 116 valence electrons. The van der Waals surface area contributed by atoms with Crippen LogP contribution in [0.15, 0.2) is 28.8 Å². The van der Waals surface area contributed by atoms with E-state index in [9.17, 15) is 9.18 Å². The van der Waals surface area contributed by atoms with Gasteiger partial charge in [-0.3, -0.25) is 4.79 Å². The van der Waals surface area contributed by atoms with Gasteiger partial charge < -0.3 is 10.3 Å². The van der Waals surface area contributed by atoms with Gasteiger partial charge in [0, 0.05) is 18.4 Å². The smallest absolute Gasteiger partial charge is 0.227 e. The van der Waals surface area contributed by atoms with Crippen molar-refractivity contribution in [1.29, 1.82) is 0 Å². The fraction of sp³-hybridized carbons (Fsp3) is 0.438. The second kappa shape index (κ2) is 5.96. The molecule has 0 aliphatic heterocycles. The predicted octanol–water partition coefficient (Wildman–Crippen LogP) is 2.75. The number of Topliss-reactive ketones (excluding diaryl/α,β-unsaturated/α-hetero) is 1. The largest absolute Gasteiger partial charge is 0.339 e. The third kappa shape index (κ3) is 3.06. The van der Waals surface area contributed by atoms with Crippen molar-refractivity contribution >= 4 is 5.78 Å². The molecule has 22 heavy (non-hydrogen) atoms. The molecular weight excluding hydrogens is 285 g/mol. The molecule has 1 heterocycles. The number of nitrogens with two attached hydrogens (primary N) is 1. The number of aromatic nitrogens is 2. The first-order valence-electron chi connectivity index (χ1n) is 7.47. The second-order valence-electron chi connectivity index (χ2n) is 5.81. The van der Waals surface area contributed by atoms with Crippen LogP contribution in [0.4, 0.5) is 4.39 Å². The van der Waals surface area contributed by atoms with Gasteiger partial charge in [-0.1, -0.05) is 18.0 Å². The van der Waals surface area contributed by atoms with Gasteiger partial charge in [0.1, 0.15) is 5.82 Å². The number of hydrogen-bond donors (Lipinski definition) is 1. The van der Waals surface area contributed by atoms with Crippen molar-refractivity contribution in [2.24, 2.45) is 5.73 Å². The third-order valence-corrected chi connectivity index (χ3v) is 4.14. The van der Waals surface area contributed by atoms with Crippen LogP contribution in [0.25, 0.3) is 0 Å². The predicted molar refractivity (Wildman–Crippen MR) is 77.7 cm³/mol. The normalized spacial score (nSPS) is 16.8. The Morgan fingerprint density at radius 3 is 2.64 bits per heavy atom. The van der Waals surface area contributed by atoms with Crippen LogP contribution in [-0.2, 0) is 12.0 Å². The van der Waals surface area contributed by atoms with Gasteiger partial charge in [-0.15, -0.1) is 0 Å². The molecule has 0 bridgehead atoms. The highest BCUT2D eigenvalue weighted by molar-refractivity contribution is 5.96. The van der Waals surface area contributed by atoms with Gasteiger partial charge in [0.25, 0.3) is 0 Å². The van der Waals surface area contributed by atoms with Crippen LogP contribution < -0.4 is 5.73 Å². The van der Waals surface area contributed by atoms with Crippen molar-refractivity contribution in [2.45, 2.75) is 44.1 Å². The minimum absolute atomic E-state index is 0.0805. The van der Waals surface area contributed by atoms with E-state index in [0.717, 1.165) is 25.7 Å². The van der Waals surface area contributed by atoms with E-state index in [2.05, 4.69) is 10.1 Å². The quantitative estimate of drug-likeness (QED) is 0.859. The molecule has 0 radical (unpaired) electrons. The summed E-state index contributed by atoms with van der Waals surface area (Å²) >= 11 is 0. The van der Waals surface area contributed by atoms with E-state index < -0.39 is 5.54 Å². The lowest BCUT2D eigenvalue weighted by Crippen LogP contribution is -2.34. The van der Waals surface area contributed by atoms with E-state index in [0.29, 0.717) is 23.7 Å². The Hall–Kier alpha value is -2.08. The molecule has 5 nitrogen and oxygen atoms in total. The van der Waals surface area contributed by atoms with E-state index in [4.69, 9.17) is 10.3 Å². The fourth-order valence-electron chi connectivity index (χ4n) is 2.79. The summed E-state index contributed by atoms with van der Waals surface area (Å²) in [5.41, 5.74) is 6.26. The number of benzene rings is 1. The number of aryl methyl sites for hydroxylation is 1. The maximum atomic E-state index is 12.8. The summed E-state index contributed by atoms with van der Waals surface area (Å²) in [6, 6.07) is 5.50. The number of hydrogen-bond acceptors (Lipinski definition) is 5. The maximum Gasteiger partial charge on any atom is 0.227 e. The summed E-state index contributed by atoms with van der Waals surface area (Å²) in [6.45, 7) is 0. The number of carbonyl (C=O) groups is 1. The molecule has 1 aromatic carbocycles. The number of carbonyl (C=O) groups excluding carboxylic acids is 1. The molecule has 1 aromatic heterocycles. The van der Waals surface area contributed by atoms with Crippen LogP contribution in [0.1, 0.15) is 54.2 Å². The van der Waals surface area contributed by atoms with Crippen molar-refractivity contribution in [3.05, 3.63) is 47.4 Å². The van der Waals surface area contributed by atoms with Crippen LogP contribution in [0.5, 0.6) is 0 Å². The molecule has 0 unspecified atom stereocenters. The van der Waals surface area contributed by atoms with E-state index >= 15 is 0 Å². The van der Waals surface area contributed by atoms with Crippen LogP contribution in [-0.4, -0.2) is 15.9 Å². The first-order valence-corrected chi connectivity index (χ1v) is 7.47. The van der Waals surface area contributed by atoms with Crippen LogP contribution in [0.3, 0.4) is 0 Å². The minimum Gasteiger partial charge on any atom is -0.339 e. The molecule has 1 saturated carbocycles. The van der Waals surface area contributed by atoms with Crippen molar-refractivity contribution in [2.75, 3.05) is 0 Å². The van der Waals surface area contributed by atoms with Crippen molar-refractivity contribution in [3.8, 4) is 0 Å². The molecule has 1 aliphatic rings. The van der Waals surface area contributed by atoms with Gasteiger partial charge in [0.05, 0.1) is 5.54 Å². The molecule has 0 atom stereocenters. The first-order chi connectivity index (χ1) is 10.6. The summed E-state index contributed by atoms with van der Waals surface area (Å²) in [6.07, 6.45) is 4.47. The molecule has 3 rings (SSSR count). The maximum absolute atomic E-state index is 12.8. The lowest BCUT2D eigenvalue weighted by molar-refractivity contribution is 0.0979. The topological polar surface area (TPSA) is 82.0 Å². The van der Waals surface area contributed by atoms with E-state index in [-0.39, 0.29) is 18.0 Å². The molecule has 6 heteroatoms. The summed E-state index contributed by atoms with van der Waals surface area (Å²) < 4.78 is 18.0. The molecule has 1 fully saturated rings. The average Bonchev–Trinajstić information content (AvgIpc) is 3.15. The van der Waals surface area contributed by atoms with Gasteiger partial charge >= 0.3 is 0 Å². The van der Waals surface area contributed by atoms with Gasteiger partial charge in [-0.05, 0) is 37.1 Å². The lowest BCUT2D eigenvalue weighted by atomic mass is 9.99. The Labute approximate surface area is 127 Å². The summed E-state index contributed by atoms with van der Waals surface area (Å²) in [7, 11) is 0. The molecule has 0 saturated heterocycles. The monoisotopic (exact) mass is 303 g/mol. The molecular formula is C16H18FN3O2. The Kier molecular flexibility index (Phi) is 4.02. The van der Waals surface area contributed by atoms with Crippen LogP contribution >= 0.6 is 0 Å². The average molecular weight is 303 g/mol. The zero-order valence-corrected chi connectivity index (χ0v) is 12.2. The number of rotatable bonds is 5. The number of ketones is 1. The summed E-state index contributed by atoms with van der Waals surface area (Å²) in [4.78, 5) is 16.3. The van der Waals surface area contributed by atoms with Gasteiger partial charge in [-0.2, -0.15) is 4.98 Å². The van der Waals surface area contributed by atoms with E-state index in [1.807, 2.05) is 0 Å². The summed E-state index contributed by atoms with van der Waals surface area (Å²) in [5, 5.41) is 3.96. The van der Waals surface area contributed by atoms with Crippen molar-refractivity contribution in [1.82, 2.24) is 10.1 Å². The Morgan fingerprint density at radius 2 is 1.95 bits per heavy atom. The number of nitrogens with zero attached hydrogens (tertiary/aromatic N) is 2. The van der Waals surface area contributed by atoms with Crippen LogP contribution in [0.2, 0.25) is 0 Å². The Balaban J connectivity index is 1.61. The first kappa shape index (κ1) is 14.8. The molecule has 0 amide bonds. The van der Waals surface area contributed by atoms with Gasteiger partial charge in [0.15, 0.2) is 11.6 Å². The minimum atomic E-state index is -0.483. The van der Waals surface area contributed by atoms with Crippen molar-refractivity contribution in [3.63, 3.8) is 0 Å². The van der Waals surface area contributed by atoms with Crippen LogP contribution in [0, 0.1) is 5.82 Å². The van der Waals surface area contributed by atoms with Gasteiger partial charge in [-0.25, -0.2) is 4.39 Å². The van der Waals surface area contributed by atoms with E-state index in [1.165, 1.54) is 24.3 Å². The van der Waals surface area contributed by atoms with Gasteiger partial charge in [0.2, 0.25) is 5.89 Å². The highest BCUT2D eigenvalue weighted by Crippen LogP contribution is 2.34. The molecule has 0 spiro atoms. The second-order valence-corrected chi connectivity index (χ2v) is 5.81. The standard InChI is InChI=1S/C16H18FN3O2/c17-12-5-3-11(4-6-12)13(21)7-8-14-19-15(20-22-14)16(18)9-1-2-10-16/h3-6H,1-2,7-10,18H2. The zero-order chi connectivity index (χ0) is 15.6. The molecule has 1 aliphatic carbocycles. The third-order valence-electron chi connectivity index (χ3n) is 4.14. The summed E-state index contributed by atoms with van der Waals surface area (Å²) in [5.74, 6) is 0.516. The molecule has 2 aromatic rings. The molecule has 2 N–H and O–H groups in total. The highest BCUT2D eigenvalue weighted by Gasteiger charge is 2.35. The Morgan fingerprint density at radius 1 is 1.27 bits per heavy atom. The lowest BCUT2D eigenvalue weighted by Gasteiger charge is -2.17. The number of halogens is 1. The zero-order valence-electron chi connectivity index (χ0n) is 12.2.